The molecule has 82 valence electrons. The maximum Gasteiger partial charge on any atom is 0.162 e. The number of fused-ring (bicyclic) bond motifs is 1. The number of ether oxygens (including phenoxy) is 1. The zero-order valence-electron chi connectivity index (χ0n) is 8.64. The van der Waals surface area contributed by atoms with Crippen molar-refractivity contribution < 1.29 is 4.74 Å². The van der Waals surface area contributed by atoms with E-state index in [1.807, 2.05) is 0 Å². The Balaban J connectivity index is 2.34. The van der Waals surface area contributed by atoms with E-state index in [1.54, 1.807) is 17.9 Å². The monoisotopic (exact) mass is 236 g/mol. The fraction of sp³-hybridized carbons (Fsp3) is 0.300. The summed E-state index contributed by atoms with van der Waals surface area (Å²) in [6, 6.07) is 0. The van der Waals surface area contributed by atoms with E-state index in [0.717, 1.165) is 5.39 Å². The molecule has 0 aromatic carbocycles. The van der Waals surface area contributed by atoms with E-state index in [-0.39, 0.29) is 13.2 Å². The molecule has 0 bridgehead atoms. The summed E-state index contributed by atoms with van der Waals surface area (Å²) in [5.41, 5.74) is 0.680. The number of aryl methyl sites for hydroxylation is 1. The first-order chi connectivity index (χ1) is 7.72. The van der Waals surface area contributed by atoms with Crippen molar-refractivity contribution in [1.29, 1.82) is 0 Å². The van der Waals surface area contributed by atoms with Gasteiger partial charge >= 0.3 is 0 Å². The molecule has 0 atom stereocenters. The van der Waals surface area contributed by atoms with Gasteiger partial charge in [0.2, 0.25) is 0 Å². The summed E-state index contributed by atoms with van der Waals surface area (Å²) >= 11 is 5.99. The summed E-state index contributed by atoms with van der Waals surface area (Å²) in [5, 5.41) is 5.15. The van der Waals surface area contributed by atoms with E-state index in [1.165, 1.54) is 0 Å². The molecule has 6 heteroatoms. The second kappa shape index (κ2) is 4.47. The number of aromatic nitrogens is 4. The second-order valence-corrected chi connectivity index (χ2v) is 3.49. The van der Waals surface area contributed by atoms with Gasteiger partial charge in [0.25, 0.3) is 0 Å². The summed E-state index contributed by atoms with van der Waals surface area (Å²) in [5.74, 6) is 2.86. The first kappa shape index (κ1) is 10.9. The van der Waals surface area contributed by atoms with E-state index in [0.29, 0.717) is 16.6 Å². The van der Waals surface area contributed by atoms with Gasteiger partial charge in [-0.2, -0.15) is 5.10 Å². The van der Waals surface area contributed by atoms with Crippen LogP contribution in [0.5, 0.6) is 0 Å². The average Bonchev–Trinajstić information content (AvgIpc) is 2.62. The average molecular weight is 237 g/mol. The third-order valence-corrected chi connectivity index (χ3v) is 2.30. The van der Waals surface area contributed by atoms with Crippen LogP contribution in [-0.2, 0) is 18.4 Å². The van der Waals surface area contributed by atoms with Gasteiger partial charge in [-0.05, 0) is 0 Å². The van der Waals surface area contributed by atoms with Crippen molar-refractivity contribution in [3.8, 4) is 12.3 Å². The lowest BCUT2D eigenvalue weighted by atomic mass is 10.4. The van der Waals surface area contributed by atoms with Crippen molar-refractivity contribution in [2.75, 3.05) is 6.61 Å². The van der Waals surface area contributed by atoms with Crippen molar-refractivity contribution in [3.05, 3.63) is 17.2 Å². The molecular formula is C10H9ClN4O. The molecule has 0 amide bonds. The van der Waals surface area contributed by atoms with Gasteiger partial charge in [0.15, 0.2) is 11.5 Å². The highest BCUT2D eigenvalue weighted by Crippen LogP contribution is 2.19. The molecule has 0 fully saturated rings. The largest absolute Gasteiger partial charge is 0.361 e. The zero-order valence-corrected chi connectivity index (χ0v) is 9.40. The van der Waals surface area contributed by atoms with Crippen LogP contribution < -0.4 is 0 Å². The van der Waals surface area contributed by atoms with Crippen LogP contribution in [0.25, 0.3) is 11.0 Å². The van der Waals surface area contributed by atoms with E-state index in [4.69, 9.17) is 22.8 Å². The van der Waals surface area contributed by atoms with Crippen LogP contribution in [0.2, 0.25) is 5.15 Å². The number of rotatable bonds is 3. The summed E-state index contributed by atoms with van der Waals surface area (Å²) in [7, 11) is 1.79. The van der Waals surface area contributed by atoms with Gasteiger partial charge in [0.05, 0.1) is 11.6 Å². The van der Waals surface area contributed by atoms with Crippen molar-refractivity contribution in [2.45, 2.75) is 6.61 Å². The summed E-state index contributed by atoms with van der Waals surface area (Å²) in [6.07, 6.45) is 6.69. The number of terminal acetylenes is 1. The topological polar surface area (TPSA) is 52.8 Å². The molecule has 0 saturated heterocycles. The van der Waals surface area contributed by atoms with Gasteiger partial charge in [-0.3, -0.25) is 4.68 Å². The van der Waals surface area contributed by atoms with Crippen LogP contribution >= 0.6 is 11.6 Å². The first-order valence-corrected chi connectivity index (χ1v) is 4.95. The maximum absolute atomic E-state index is 5.99. The van der Waals surface area contributed by atoms with Crippen LogP contribution in [0.1, 0.15) is 5.82 Å². The van der Waals surface area contributed by atoms with Crippen LogP contribution in [0.3, 0.4) is 0 Å². The minimum Gasteiger partial charge on any atom is -0.361 e. The number of hydrogen-bond acceptors (Lipinski definition) is 4. The van der Waals surface area contributed by atoms with Gasteiger partial charge in [-0.25, -0.2) is 9.97 Å². The van der Waals surface area contributed by atoms with Gasteiger partial charge in [-0.1, -0.05) is 17.5 Å². The lowest BCUT2D eigenvalue weighted by molar-refractivity contribution is 0.147. The fourth-order valence-electron chi connectivity index (χ4n) is 1.30. The van der Waals surface area contributed by atoms with Crippen molar-refractivity contribution in [1.82, 2.24) is 19.7 Å². The smallest absolute Gasteiger partial charge is 0.162 e. The third-order valence-electron chi connectivity index (χ3n) is 2.01. The molecule has 0 aliphatic rings. The number of hydrogen-bond donors (Lipinski definition) is 0. The second-order valence-electron chi connectivity index (χ2n) is 3.13. The molecule has 2 aromatic rings. The van der Waals surface area contributed by atoms with Gasteiger partial charge in [0.1, 0.15) is 18.4 Å². The van der Waals surface area contributed by atoms with Crippen LogP contribution in [0, 0.1) is 12.3 Å². The number of nitrogens with zero attached hydrogens (tertiary/aromatic N) is 4. The molecule has 0 aliphatic carbocycles. The van der Waals surface area contributed by atoms with Crippen molar-refractivity contribution in [2.24, 2.45) is 7.05 Å². The lowest BCUT2D eigenvalue weighted by Gasteiger charge is -2.01. The standard InChI is InChI=1S/C10H9ClN4O/c1-3-4-16-6-8-13-9(11)7-5-12-15(2)10(7)14-8/h1,5H,4,6H2,2H3. The van der Waals surface area contributed by atoms with Crippen molar-refractivity contribution >= 4 is 22.6 Å². The lowest BCUT2D eigenvalue weighted by Crippen LogP contribution is -2.02. The minimum atomic E-state index is 0.227. The van der Waals surface area contributed by atoms with Crippen LogP contribution in [0.4, 0.5) is 0 Å². The molecule has 16 heavy (non-hydrogen) atoms. The molecule has 0 aliphatic heterocycles. The Labute approximate surface area is 97.4 Å². The minimum absolute atomic E-state index is 0.227. The van der Waals surface area contributed by atoms with E-state index < -0.39 is 0 Å². The summed E-state index contributed by atoms with van der Waals surface area (Å²) in [6.45, 7) is 0.468. The Bertz CT molecular complexity index is 558. The first-order valence-electron chi connectivity index (χ1n) is 4.57. The van der Waals surface area contributed by atoms with Crippen LogP contribution in [-0.4, -0.2) is 26.4 Å². The molecular weight excluding hydrogens is 228 g/mol. The molecule has 2 heterocycles. The molecule has 2 rings (SSSR count). The Kier molecular flexibility index (Phi) is 3.04. The van der Waals surface area contributed by atoms with Crippen molar-refractivity contribution in [3.63, 3.8) is 0 Å². The highest BCUT2D eigenvalue weighted by atomic mass is 35.5. The molecule has 0 N–H and O–H groups in total. The Hall–Kier alpha value is -1.64. The molecule has 0 radical (unpaired) electrons. The SMILES string of the molecule is C#CCOCc1nc(Cl)c2cnn(C)c2n1. The van der Waals surface area contributed by atoms with E-state index in [2.05, 4.69) is 21.0 Å². The summed E-state index contributed by atoms with van der Waals surface area (Å²) in [4.78, 5) is 8.37. The predicted octanol–water partition coefficient (Wildman–Crippen LogP) is 1.17. The Morgan fingerprint density at radius 1 is 1.56 bits per heavy atom. The Morgan fingerprint density at radius 3 is 3.12 bits per heavy atom. The van der Waals surface area contributed by atoms with E-state index >= 15 is 0 Å². The quantitative estimate of drug-likeness (QED) is 0.456. The molecule has 2 aromatic heterocycles. The van der Waals surface area contributed by atoms with Gasteiger partial charge < -0.3 is 4.74 Å². The number of halogens is 1. The van der Waals surface area contributed by atoms with Crippen LogP contribution in [0.15, 0.2) is 6.20 Å². The fourth-order valence-corrected chi connectivity index (χ4v) is 1.53. The normalized spacial score (nSPS) is 10.6. The molecule has 0 saturated carbocycles. The van der Waals surface area contributed by atoms with Gasteiger partial charge in [0, 0.05) is 7.05 Å². The molecule has 5 nitrogen and oxygen atoms in total. The third kappa shape index (κ3) is 1.98. The predicted molar refractivity (Wildman–Crippen MR) is 59.8 cm³/mol. The van der Waals surface area contributed by atoms with Gasteiger partial charge in [-0.15, -0.1) is 6.42 Å². The molecule has 0 unspecified atom stereocenters. The zero-order chi connectivity index (χ0) is 11.5. The van der Waals surface area contributed by atoms with E-state index in [9.17, 15) is 0 Å². The highest BCUT2D eigenvalue weighted by molar-refractivity contribution is 6.33. The molecule has 0 spiro atoms. The summed E-state index contributed by atoms with van der Waals surface area (Å²) < 4.78 is 6.77. The highest BCUT2D eigenvalue weighted by Gasteiger charge is 2.09. The maximum atomic E-state index is 5.99. The Morgan fingerprint density at radius 2 is 2.38 bits per heavy atom.